The third-order valence-corrected chi connectivity index (χ3v) is 5.89. The third kappa shape index (κ3) is 5.32. The minimum absolute atomic E-state index is 0.205. The number of aromatic nitrogens is 5. The van der Waals surface area contributed by atoms with Crippen LogP contribution in [0.5, 0.6) is 5.75 Å². The molecule has 4 heterocycles. The maximum atomic E-state index is 14.2. The molecule has 38 heavy (non-hydrogen) atoms. The molecule has 0 unspecified atom stereocenters. The van der Waals surface area contributed by atoms with E-state index in [0.29, 0.717) is 34.4 Å². The number of rotatable bonds is 6. The van der Waals surface area contributed by atoms with Gasteiger partial charge in [-0.2, -0.15) is 0 Å². The normalized spacial score (nSPS) is 12.0. The molecule has 0 aliphatic rings. The van der Waals surface area contributed by atoms with E-state index in [1.54, 1.807) is 46.0 Å². The second-order valence-corrected chi connectivity index (χ2v) is 9.54. The summed E-state index contributed by atoms with van der Waals surface area (Å²) in [7, 11) is 11.8. The molecule has 0 bridgehead atoms. The predicted octanol–water partition coefficient (Wildman–Crippen LogP) is 3.39. The van der Waals surface area contributed by atoms with E-state index >= 15 is 0 Å². The van der Waals surface area contributed by atoms with Gasteiger partial charge in [-0.25, -0.2) is 18.7 Å². The lowest BCUT2D eigenvalue weighted by Gasteiger charge is -2.28. The molecule has 0 atom stereocenters. The molecule has 0 aromatic carbocycles. The molecule has 0 spiro atoms. The Labute approximate surface area is 224 Å². The number of aryl methyl sites for hydroxylation is 2. The molecule has 13 heteroatoms. The molecular weight excluding hydrogens is 513 g/mol. The quantitative estimate of drug-likeness (QED) is 0.379. The van der Waals surface area contributed by atoms with Crippen LogP contribution in [-0.2, 0) is 11.0 Å². The molecular formula is C25H20B2ClF2N5O3. The van der Waals surface area contributed by atoms with E-state index in [0.717, 1.165) is 6.20 Å². The highest BCUT2D eigenvalue weighted by atomic mass is 35.5. The SMILES string of the molecule is [B]C([B])(Oc1cc(C)n(-c2cc(-c3ccnc(C(C)(C)O)n3)ncc2C)c(=O)c1Cl)c1ncc(F)cc1F. The minimum atomic E-state index is -2.36. The highest BCUT2D eigenvalue weighted by molar-refractivity contribution is 6.39. The zero-order valence-electron chi connectivity index (χ0n) is 20.8. The van der Waals surface area contributed by atoms with Gasteiger partial charge in [0.05, 0.1) is 28.7 Å². The van der Waals surface area contributed by atoms with Crippen molar-refractivity contribution in [2.45, 2.75) is 38.7 Å². The molecule has 1 N–H and O–H groups in total. The van der Waals surface area contributed by atoms with E-state index in [9.17, 15) is 18.7 Å². The van der Waals surface area contributed by atoms with Crippen LogP contribution in [0.25, 0.3) is 17.1 Å². The molecule has 190 valence electrons. The van der Waals surface area contributed by atoms with Crippen molar-refractivity contribution < 1.29 is 18.6 Å². The monoisotopic (exact) mass is 533 g/mol. The lowest BCUT2D eigenvalue weighted by Crippen LogP contribution is -2.37. The minimum Gasteiger partial charge on any atom is -0.499 e. The van der Waals surface area contributed by atoms with Crippen molar-refractivity contribution in [3.8, 4) is 22.8 Å². The second-order valence-electron chi connectivity index (χ2n) is 9.16. The maximum Gasteiger partial charge on any atom is 0.277 e. The van der Waals surface area contributed by atoms with Crippen LogP contribution >= 0.6 is 11.6 Å². The van der Waals surface area contributed by atoms with Gasteiger partial charge in [0.2, 0.25) is 0 Å². The molecule has 0 aliphatic carbocycles. The van der Waals surface area contributed by atoms with Crippen molar-refractivity contribution in [3.63, 3.8) is 0 Å². The van der Waals surface area contributed by atoms with Crippen LogP contribution in [0.2, 0.25) is 5.02 Å². The van der Waals surface area contributed by atoms with Crippen molar-refractivity contribution in [1.29, 1.82) is 0 Å². The second kappa shape index (κ2) is 9.92. The number of nitrogens with zero attached hydrogens (tertiary/aromatic N) is 5. The summed E-state index contributed by atoms with van der Waals surface area (Å²) in [6, 6.07) is 5.22. The van der Waals surface area contributed by atoms with Crippen LogP contribution < -0.4 is 10.3 Å². The summed E-state index contributed by atoms with van der Waals surface area (Å²) in [5.74, 6) is -2.08. The summed E-state index contributed by atoms with van der Waals surface area (Å²) in [6.45, 7) is 6.50. The van der Waals surface area contributed by atoms with Gasteiger partial charge >= 0.3 is 0 Å². The largest absolute Gasteiger partial charge is 0.499 e. The first-order chi connectivity index (χ1) is 17.7. The molecule has 0 saturated heterocycles. The van der Waals surface area contributed by atoms with Crippen LogP contribution in [-0.4, -0.2) is 45.3 Å². The van der Waals surface area contributed by atoms with E-state index in [-0.39, 0.29) is 16.6 Å². The van der Waals surface area contributed by atoms with E-state index in [1.165, 1.54) is 16.8 Å². The van der Waals surface area contributed by atoms with E-state index in [2.05, 4.69) is 19.9 Å². The summed E-state index contributed by atoms with van der Waals surface area (Å²) in [6.07, 6.45) is 3.80. The number of aliphatic hydroxyl groups is 1. The lowest BCUT2D eigenvalue weighted by molar-refractivity contribution is 0.0688. The molecule has 0 saturated carbocycles. The highest BCUT2D eigenvalue weighted by Crippen LogP contribution is 2.31. The Hall–Kier alpha value is -3.63. The van der Waals surface area contributed by atoms with Gasteiger partial charge in [0.25, 0.3) is 5.56 Å². The summed E-state index contributed by atoms with van der Waals surface area (Å²) in [5, 5.41) is 7.52. The fourth-order valence-electron chi connectivity index (χ4n) is 3.68. The van der Waals surface area contributed by atoms with Gasteiger partial charge in [-0.1, -0.05) is 11.6 Å². The Balaban J connectivity index is 1.78. The van der Waals surface area contributed by atoms with Crippen LogP contribution in [0.1, 0.15) is 36.6 Å². The fraction of sp³-hybridized carbons (Fsp3) is 0.240. The average Bonchev–Trinajstić information content (AvgIpc) is 2.82. The smallest absolute Gasteiger partial charge is 0.277 e. The van der Waals surface area contributed by atoms with Crippen LogP contribution in [0.15, 0.2) is 47.7 Å². The first-order valence-corrected chi connectivity index (χ1v) is 11.6. The Morgan fingerprint density at radius 1 is 1.05 bits per heavy atom. The number of pyridine rings is 3. The van der Waals surface area contributed by atoms with Crippen molar-refractivity contribution in [2.75, 3.05) is 0 Å². The molecule has 4 aromatic heterocycles. The molecule has 4 rings (SSSR count). The highest BCUT2D eigenvalue weighted by Gasteiger charge is 2.29. The summed E-state index contributed by atoms with van der Waals surface area (Å²) in [4.78, 5) is 29.9. The Bertz CT molecular complexity index is 1610. The molecule has 8 nitrogen and oxygen atoms in total. The summed E-state index contributed by atoms with van der Waals surface area (Å²) < 4.78 is 34.3. The summed E-state index contributed by atoms with van der Waals surface area (Å²) >= 11 is 6.35. The number of ether oxygens (including phenoxy) is 1. The molecule has 4 radical (unpaired) electrons. The Morgan fingerprint density at radius 2 is 1.76 bits per heavy atom. The number of halogens is 3. The predicted molar refractivity (Wildman–Crippen MR) is 139 cm³/mol. The maximum absolute atomic E-state index is 14.2. The standard InChI is InChI=1S/C25H20B2ClF2N5O3/c1-12-10-32-17(16-5-6-31-23(34-16)24(3,4)37)9-18(12)35-13(2)7-19(20(28)22(35)36)38-25(26,27)21-15(30)8-14(29)11-33-21/h5-11,37H,1-4H3. The Kier molecular flexibility index (Phi) is 7.15. The van der Waals surface area contributed by atoms with Crippen molar-refractivity contribution in [2.24, 2.45) is 0 Å². The molecule has 4 aromatic rings. The third-order valence-electron chi connectivity index (χ3n) is 5.54. The van der Waals surface area contributed by atoms with Gasteiger partial charge in [0.1, 0.15) is 49.4 Å². The Morgan fingerprint density at radius 3 is 2.42 bits per heavy atom. The van der Waals surface area contributed by atoms with E-state index in [4.69, 9.17) is 32.0 Å². The van der Waals surface area contributed by atoms with Gasteiger partial charge in [-0.3, -0.25) is 19.3 Å². The first-order valence-electron chi connectivity index (χ1n) is 11.2. The van der Waals surface area contributed by atoms with Crippen LogP contribution in [0.3, 0.4) is 0 Å². The van der Waals surface area contributed by atoms with E-state index in [1.807, 2.05) is 0 Å². The van der Waals surface area contributed by atoms with Crippen molar-refractivity contribution in [1.82, 2.24) is 24.5 Å². The van der Waals surface area contributed by atoms with E-state index < -0.39 is 33.9 Å². The molecule has 0 aliphatic heterocycles. The van der Waals surface area contributed by atoms with Gasteiger partial charge in [0.15, 0.2) is 5.82 Å². The van der Waals surface area contributed by atoms with Crippen LogP contribution in [0, 0.1) is 25.5 Å². The first kappa shape index (κ1) is 27.4. The van der Waals surface area contributed by atoms with Crippen molar-refractivity contribution in [3.05, 3.63) is 92.6 Å². The number of hydrogen-bond acceptors (Lipinski definition) is 7. The zero-order chi connectivity index (χ0) is 28.0. The lowest BCUT2D eigenvalue weighted by atomic mass is 9.62. The topological polar surface area (TPSA) is 103 Å². The zero-order valence-corrected chi connectivity index (χ0v) is 21.6. The molecule has 0 amide bonds. The van der Waals surface area contributed by atoms with Gasteiger partial charge < -0.3 is 9.84 Å². The van der Waals surface area contributed by atoms with Crippen LogP contribution in [0.4, 0.5) is 8.78 Å². The van der Waals surface area contributed by atoms with Crippen molar-refractivity contribution >= 4 is 27.3 Å². The van der Waals surface area contributed by atoms with Gasteiger partial charge in [-0.15, -0.1) is 0 Å². The van der Waals surface area contributed by atoms with Gasteiger partial charge in [0, 0.05) is 30.2 Å². The fourth-order valence-corrected chi connectivity index (χ4v) is 3.86. The number of hydrogen-bond donors (Lipinski definition) is 1. The van der Waals surface area contributed by atoms with Gasteiger partial charge in [-0.05, 0) is 45.4 Å². The molecule has 0 fully saturated rings. The average molecular weight is 534 g/mol. The summed E-state index contributed by atoms with van der Waals surface area (Å²) in [5.41, 5.74) is -0.210.